The zero-order chi connectivity index (χ0) is 26.5. The number of nitrogens with zero attached hydrogens (tertiary/aromatic N) is 2. The Labute approximate surface area is 224 Å². The highest BCUT2D eigenvalue weighted by atomic mass is 16.2. The molecular formula is C33H47N3O. The SMILES string of the molecule is C=C/C=C(\C=C(\C)C(C)CC)c1[nH]c2ccc(C3CCN(C(=O)C4CCN(C)CC4)CC3)cc2c1CC. The molecule has 37 heavy (non-hydrogen) atoms. The lowest BCUT2D eigenvalue weighted by Gasteiger charge is -2.36. The number of carbonyl (C=O) groups is 1. The topological polar surface area (TPSA) is 39.3 Å². The Morgan fingerprint density at radius 1 is 1.14 bits per heavy atom. The Hall–Kier alpha value is -2.59. The van der Waals surface area contributed by atoms with Crippen molar-refractivity contribution in [1.82, 2.24) is 14.8 Å². The molecule has 2 fully saturated rings. The maximum atomic E-state index is 13.1. The van der Waals surface area contributed by atoms with Gasteiger partial charge in [0.2, 0.25) is 5.91 Å². The van der Waals surface area contributed by atoms with Gasteiger partial charge >= 0.3 is 0 Å². The van der Waals surface area contributed by atoms with Gasteiger partial charge in [-0.2, -0.15) is 0 Å². The minimum absolute atomic E-state index is 0.227. The maximum Gasteiger partial charge on any atom is 0.225 e. The number of fused-ring (bicyclic) bond motifs is 1. The first-order chi connectivity index (χ1) is 17.9. The molecule has 0 saturated carbocycles. The molecule has 0 radical (unpaired) electrons. The number of aromatic amines is 1. The molecule has 2 aliphatic heterocycles. The second kappa shape index (κ2) is 12.3. The monoisotopic (exact) mass is 501 g/mol. The molecule has 1 atom stereocenters. The van der Waals surface area contributed by atoms with Crippen molar-refractivity contribution in [2.45, 2.75) is 72.1 Å². The van der Waals surface area contributed by atoms with Crippen LogP contribution in [-0.2, 0) is 11.2 Å². The molecule has 4 rings (SSSR count). The number of benzene rings is 1. The van der Waals surface area contributed by atoms with Gasteiger partial charge < -0.3 is 14.8 Å². The maximum absolute atomic E-state index is 13.1. The van der Waals surface area contributed by atoms with E-state index in [4.69, 9.17) is 0 Å². The number of rotatable bonds is 8. The lowest BCUT2D eigenvalue weighted by Crippen LogP contribution is -2.44. The Morgan fingerprint density at radius 2 is 1.84 bits per heavy atom. The Balaban J connectivity index is 1.53. The van der Waals surface area contributed by atoms with E-state index in [-0.39, 0.29) is 5.92 Å². The largest absolute Gasteiger partial charge is 0.354 e. The number of likely N-dealkylation sites (tertiary alicyclic amines) is 2. The van der Waals surface area contributed by atoms with E-state index < -0.39 is 0 Å². The van der Waals surface area contributed by atoms with E-state index >= 15 is 0 Å². The Kier molecular flexibility index (Phi) is 9.13. The fourth-order valence-corrected chi connectivity index (χ4v) is 6.12. The summed E-state index contributed by atoms with van der Waals surface area (Å²) in [5, 5.41) is 1.34. The van der Waals surface area contributed by atoms with E-state index in [0.717, 1.165) is 64.7 Å². The van der Waals surface area contributed by atoms with Gasteiger partial charge in [0.25, 0.3) is 0 Å². The number of nitrogens with one attached hydrogen (secondary N) is 1. The molecule has 4 nitrogen and oxygen atoms in total. The van der Waals surface area contributed by atoms with Crippen molar-refractivity contribution in [1.29, 1.82) is 0 Å². The molecule has 1 aromatic heterocycles. The number of aryl methyl sites for hydroxylation is 1. The van der Waals surface area contributed by atoms with Crippen LogP contribution in [0.2, 0.25) is 0 Å². The van der Waals surface area contributed by atoms with Gasteiger partial charge in [0.15, 0.2) is 0 Å². The van der Waals surface area contributed by atoms with Gasteiger partial charge in [-0.25, -0.2) is 0 Å². The van der Waals surface area contributed by atoms with Crippen molar-refractivity contribution in [2.24, 2.45) is 11.8 Å². The molecule has 200 valence electrons. The summed E-state index contributed by atoms with van der Waals surface area (Å²) in [5.74, 6) is 1.70. The van der Waals surface area contributed by atoms with E-state index in [1.54, 1.807) is 0 Å². The average molecular weight is 502 g/mol. The van der Waals surface area contributed by atoms with Crippen LogP contribution in [0.4, 0.5) is 0 Å². The van der Waals surface area contributed by atoms with Gasteiger partial charge in [-0.3, -0.25) is 4.79 Å². The lowest BCUT2D eigenvalue weighted by molar-refractivity contribution is -0.138. The van der Waals surface area contributed by atoms with Crippen LogP contribution in [0.15, 0.2) is 48.6 Å². The van der Waals surface area contributed by atoms with Crippen LogP contribution in [-0.4, -0.2) is 53.9 Å². The lowest BCUT2D eigenvalue weighted by atomic mass is 9.87. The van der Waals surface area contributed by atoms with E-state index in [1.165, 1.54) is 38.9 Å². The molecule has 2 saturated heterocycles. The van der Waals surface area contributed by atoms with E-state index in [9.17, 15) is 4.79 Å². The summed E-state index contributed by atoms with van der Waals surface area (Å²) < 4.78 is 0. The van der Waals surface area contributed by atoms with Crippen molar-refractivity contribution in [2.75, 3.05) is 33.2 Å². The normalized spacial score (nSPS) is 20.0. The zero-order valence-electron chi connectivity index (χ0n) is 23.8. The molecule has 3 heterocycles. The van der Waals surface area contributed by atoms with Crippen LogP contribution >= 0.6 is 0 Å². The molecule has 4 heteroatoms. The molecule has 2 aromatic rings. The number of hydrogen-bond acceptors (Lipinski definition) is 2. The van der Waals surface area contributed by atoms with Crippen molar-refractivity contribution < 1.29 is 4.79 Å². The third-order valence-electron chi connectivity index (χ3n) is 8.99. The smallest absolute Gasteiger partial charge is 0.225 e. The summed E-state index contributed by atoms with van der Waals surface area (Å²) in [6.45, 7) is 16.9. The molecule has 1 aromatic carbocycles. The van der Waals surface area contributed by atoms with Gasteiger partial charge in [-0.05, 0) is 106 Å². The Bertz CT molecular complexity index is 1150. The first kappa shape index (κ1) is 27.4. The number of piperidine rings is 2. The number of aromatic nitrogens is 1. The summed E-state index contributed by atoms with van der Waals surface area (Å²) in [7, 11) is 2.15. The van der Waals surface area contributed by atoms with Gasteiger partial charge in [0.1, 0.15) is 0 Å². The van der Waals surface area contributed by atoms with Crippen molar-refractivity contribution in [3.8, 4) is 0 Å². The standard InChI is InChI=1S/C33H47N3O/c1-7-10-28(21-24(5)23(4)8-2)32-29(9-3)30-22-27(11-12-31(30)34-32)25-15-19-36(20-16-25)33(37)26-13-17-35(6)18-14-26/h7,10-12,21-23,25-26,34H,1,8-9,13-20H2,2-6H3/b24-21-,28-10+. The first-order valence-electron chi connectivity index (χ1n) is 14.5. The minimum atomic E-state index is 0.227. The summed E-state index contributed by atoms with van der Waals surface area (Å²) in [6, 6.07) is 6.99. The number of carbonyl (C=O) groups excluding carboxylic acids is 1. The van der Waals surface area contributed by atoms with Gasteiger partial charge in [-0.1, -0.05) is 57.2 Å². The molecule has 1 unspecified atom stereocenters. The van der Waals surface area contributed by atoms with Crippen LogP contribution in [0, 0.1) is 11.8 Å². The van der Waals surface area contributed by atoms with E-state index in [2.05, 4.69) is 86.5 Å². The third-order valence-corrected chi connectivity index (χ3v) is 8.99. The molecule has 0 bridgehead atoms. The molecule has 0 aliphatic carbocycles. The average Bonchev–Trinajstić information content (AvgIpc) is 3.30. The highest BCUT2D eigenvalue weighted by molar-refractivity contribution is 5.92. The predicted octanol–water partition coefficient (Wildman–Crippen LogP) is 7.34. The summed E-state index contributed by atoms with van der Waals surface area (Å²) in [6.07, 6.45) is 12.6. The number of H-pyrrole nitrogens is 1. The summed E-state index contributed by atoms with van der Waals surface area (Å²) in [4.78, 5) is 21.3. The molecule has 2 aliphatic rings. The molecule has 0 spiro atoms. The van der Waals surface area contributed by atoms with Crippen molar-refractivity contribution in [3.63, 3.8) is 0 Å². The summed E-state index contributed by atoms with van der Waals surface area (Å²) in [5.41, 5.74) is 7.83. The predicted molar refractivity (Wildman–Crippen MR) is 158 cm³/mol. The van der Waals surface area contributed by atoms with Crippen LogP contribution in [0.25, 0.3) is 16.5 Å². The number of hydrogen-bond donors (Lipinski definition) is 1. The molecule has 1 N–H and O–H groups in total. The zero-order valence-corrected chi connectivity index (χ0v) is 23.8. The van der Waals surface area contributed by atoms with E-state index in [0.29, 0.717) is 17.7 Å². The van der Waals surface area contributed by atoms with Gasteiger partial charge in [-0.15, -0.1) is 0 Å². The number of allylic oxidation sites excluding steroid dienone is 5. The van der Waals surface area contributed by atoms with Gasteiger partial charge in [0.05, 0.1) is 0 Å². The highest BCUT2D eigenvalue weighted by Crippen LogP contribution is 2.35. The summed E-state index contributed by atoms with van der Waals surface area (Å²) >= 11 is 0. The quantitative estimate of drug-likeness (QED) is 0.384. The van der Waals surface area contributed by atoms with E-state index in [1.807, 2.05) is 6.08 Å². The van der Waals surface area contributed by atoms with Crippen molar-refractivity contribution in [3.05, 3.63) is 65.4 Å². The van der Waals surface area contributed by atoms with Crippen LogP contribution in [0.5, 0.6) is 0 Å². The van der Waals surface area contributed by atoms with Crippen LogP contribution < -0.4 is 0 Å². The third kappa shape index (κ3) is 6.12. The van der Waals surface area contributed by atoms with Gasteiger partial charge in [0, 0.05) is 35.6 Å². The molecule has 1 amide bonds. The van der Waals surface area contributed by atoms with Crippen molar-refractivity contribution >= 4 is 22.4 Å². The first-order valence-corrected chi connectivity index (χ1v) is 14.5. The van der Waals surface area contributed by atoms with Crippen LogP contribution in [0.3, 0.4) is 0 Å². The number of amides is 1. The second-order valence-electron chi connectivity index (χ2n) is 11.4. The minimum Gasteiger partial charge on any atom is -0.354 e. The molecular weight excluding hydrogens is 454 g/mol. The highest BCUT2D eigenvalue weighted by Gasteiger charge is 2.30. The Morgan fingerprint density at radius 3 is 2.46 bits per heavy atom. The fraction of sp³-hybridized carbons (Fsp3) is 0.545. The van der Waals surface area contributed by atoms with Crippen LogP contribution in [0.1, 0.15) is 82.5 Å². The second-order valence-corrected chi connectivity index (χ2v) is 11.4. The fourth-order valence-electron chi connectivity index (χ4n) is 6.12.